The zero-order valence-corrected chi connectivity index (χ0v) is 9.68. The van der Waals surface area contributed by atoms with Gasteiger partial charge in [0.25, 0.3) is 0 Å². The van der Waals surface area contributed by atoms with E-state index < -0.39 is 0 Å². The number of hydrogen-bond acceptors (Lipinski definition) is 3. The molecule has 1 aromatic rings. The third kappa shape index (κ3) is 2.38. The van der Waals surface area contributed by atoms with Gasteiger partial charge in [-0.05, 0) is 19.9 Å². The zero-order chi connectivity index (χ0) is 10.8. The third-order valence-corrected chi connectivity index (χ3v) is 2.89. The molecule has 0 aromatic carbocycles. The lowest BCUT2D eigenvalue weighted by atomic mass is 10.2. The zero-order valence-electron chi connectivity index (χ0n) is 9.68. The SMILES string of the molecule is CC(C)N1CCO[C@@H](c2ccn(C)n2)C1. The molecular formula is C11H19N3O. The molecule has 1 fully saturated rings. The van der Waals surface area contributed by atoms with Gasteiger partial charge in [-0.15, -0.1) is 0 Å². The Hall–Kier alpha value is -0.870. The molecule has 1 saturated heterocycles. The fourth-order valence-electron chi connectivity index (χ4n) is 1.92. The van der Waals surface area contributed by atoms with Gasteiger partial charge in [0, 0.05) is 32.4 Å². The van der Waals surface area contributed by atoms with Gasteiger partial charge in [-0.25, -0.2) is 0 Å². The molecular weight excluding hydrogens is 190 g/mol. The number of nitrogens with zero attached hydrogens (tertiary/aromatic N) is 3. The number of ether oxygens (including phenoxy) is 1. The summed E-state index contributed by atoms with van der Waals surface area (Å²) in [5, 5.41) is 4.39. The molecule has 0 N–H and O–H groups in total. The van der Waals surface area contributed by atoms with Crippen LogP contribution in [0, 0.1) is 0 Å². The van der Waals surface area contributed by atoms with Gasteiger partial charge in [-0.2, -0.15) is 5.10 Å². The molecule has 0 spiro atoms. The normalized spacial score (nSPS) is 23.6. The average Bonchev–Trinajstić information content (AvgIpc) is 2.65. The number of aryl methyl sites for hydroxylation is 1. The van der Waals surface area contributed by atoms with Gasteiger partial charge in [0.05, 0.1) is 12.3 Å². The Balaban J connectivity index is 2.04. The van der Waals surface area contributed by atoms with Gasteiger partial charge in [0.2, 0.25) is 0 Å². The summed E-state index contributed by atoms with van der Waals surface area (Å²) in [4.78, 5) is 2.43. The van der Waals surface area contributed by atoms with Crippen LogP contribution in [0.15, 0.2) is 12.3 Å². The Morgan fingerprint density at radius 1 is 1.53 bits per heavy atom. The molecule has 1 aliphatic rings. The highest BCUT2D eigenvalue weighted by Gasteiger charge is 2.24. The molecule has 4 nitrogen and oxygen atoms in total. The largest absolute Gasteiger partial charge is 0.369 e. The second kappa shape index (κ2) is 4.33. The fraction of sp³-hybridized carbons (Fsp3) is 0.727. The Morgan fingerprint density at radius 3 is 2.93 bits per heavy atom. The van der Waals surface area contributed by atoms with E-state index in [1.807, 2.05) is 24.0 Å². The first-order valence-corrected chi connectivity index (χ1v) is 5.52. The summed E-state index contributed by atoms with van der Waals surface area (Å²) < 4.78 is 7.57. The van der Waals surface area contributed by atoms with Crippen LogP contribution >= 0.6 is 0 Å². The second-order valence-corrected chi connectivity index (χ2v) is 4.36. The average molecular weight is 209 g/mol. The van der Waals surface area contributed by atoms with Gasteiger partial charge in [0.1, 0.15) is 6.10 Å². The van der Waals surface area contributed by atoms with Gasteiger partial charge >= 0.3 is 0 Å². The van der Waals surface area contributed by atoms with E-state index in [0.29, 0.717) is 6.04 Å². The summed E-state index contributed by atoms with van der Waals surface area (Å²) in [5.74, 6) is 0. The predicted molar refractivity (Wildman–Crippen MR) is 58.6 cm³/mol. The molecule has 0 unspecified atom stereocenters. The summed E-state index contributed by atoms with van der Waals surface area (Å²) >= 11 is 0. The van der Waals surface area contributed by atoms with Crippen molar-refractivity contribution < 1.29 is 4.74 Å². The Bertz CT molecular complexity index is 321. The molecule has 15 heavy (non-hydrogen) atoms. The van der Waals surface area contributed by atoms with Crippen molar-refractivity contribution in [1.29, 1.82) is 0 Å². The van der Waals surface area contributed by atoms with Crippen LogP contribution in [-0.2, 0) is 11.8 Å². The lowest BCUT2D eigenvalue weighted by Crippen LogP contribution is -2.42. The number of rotatable bonds is 2. The first-order chi connectivity index (χ1) is 7.16. The maximum atomic E-state index is 5.74. The molecule has 1 aromatic heterocycles. The molecule has 0 radical (unpaired) electrons. The van der Waals surface area contributed by atoms with Crippen molar-refractivity contribution in [3.05, 3.63) is 18.0 Å². The van der Waals surface area contributed by atoms with E-state index in [1.54, 1.807) is 0 Å². The smallest absolute Gasteiger partial charge is 0.114 e. The summed E-state index contributed by atoms with van der Waals surface area (Å²) in [6, 6.07) is 2.62. The molecule has 2 rings (SSSR count). The summed E-state index contributed by atoms with van der Waals surface area (Å²) in [6.45, 7) is 7.23. The summed E-state index contributed by atoms with van der Waals surface area (Å²) in [6.07, 6.45) is 2.11. The number of morpholine rings is 1. The minimum Gasteiger partial charge on any atom is -0.369 e. The molecule has 0 saturated carbocycles. The maximum absolute atomic E-state index is 5.74. The van der Waals surface area contributed by atoms with Crippen molar-refractivity contribution in [1.82, 2.24) is 14.7 Å². The standard InChI is InChI=1S/C11H19N3O/c1-9(2)14-6-7-15-11(8-14)10-4-5-13(3)12-10/h4-5,9,11H,6-8H2,1-3H3/t11-/m1/s1. The highest BCUT2D eigenvalue weighted by atomic mass is 16.5. The lowest BCUT2D eigenvalue weighted by molar-refractivity contribution is -0.0423. The van der Waals surface area contributed by atoms with Crippen molar-refractivity contribution >= 4 is 0 Å². The minimum atomic E-state index is 0.141. The first-order valence-electron chi connectivity index (χ1n) is 5.52. The van der Waals surface area contributed by atoms with Crippen LogP contribution in [0.4, 0.5) is 0 Å². The highest BCUT2D eigenvalue weighted by Crippen LogP contribution is 2.21. The topological polar surface area (TPSA) is 30.3 Å². The molecule has 0 aliphatic carbocycles. The van der Waals surface area contributed by atoms with E-state index in [9.17, 15) is 0 Å². The minimum absolute atomic E-state index is 0.141. The molecule has 84 valence electrons. The highest BCUT2D eigenvalue weighted by molar-refractivity contribution is 5.04. The lowest BCUT2D eigenvalue weighted by Gasteiger charge is -2.34. The van der Waals surface area contributed by atoms with E-state index in [0.717, 1.165) is 25.4 Å². The quantitative estimate of drug-likeness (QED) is 0.733. The van der Waals surface area contributed by atoms with Crippen molar-refractivity contribution in [3.8, 4) is 0 Å². The van der Waals surface area contributed by atoms with Gasteiger partial charge in [0.15, 0.2) is 0 Å². The fourth-order valence-corrected chi connectivity index (χ4v) is 1.92. The summed E-state index contributed by atoms with van der Waals surface area (Å²) in [7, 11) is 1.94. The summed E-state index contributed by atoms with van der Waals surface area (Å²) in [5.41, 5.74) is 1.04. The van der Waals surface area contributed by atoms with E-state index in [-0.39, 0.29) is 6.10 Å². The van der Waals surface area contributed by atoms with Crippen molar-refractivity contribution in [3.63, 3.8) is 0 Å². The van der Waals surface area contributed by atoms with Gasteiger partial charge in [-0.1, -0.05) is 0 Å². The molecule has 2 heterocycles. The van der Waals surface area contributed by atoms with Crippen LogP contribution in [0.2, 0.25) is 0 Å². The predicted octanol–water partition coefficient (Wildman–Crippen LogP) is 1.20. The Labute approximate surface area is 90.8 Å². The Kier molecular flexibility index (Phi) is 3.07. The maximum Gasteiger partial charge on any atom is 0.114 e. The molecule has 0 bridgehead atoms. The van der Waals surface area contributed by atoms with E-state index in [2.05, 4.69) is 23.8 Å². The molecule has 0 amide bonds. The van der Waals surface area contributed by atoms with Crippen LogP contribution in [0.25, 0.3) is 0 Å². The van der Waals surface area contributed by atoms with Crippen LogP contribution in [0.1, 0.15) is 25.6 Å². The van der Waals surface area contributed by atoms with E-state index in [4.69, 9.17) is 4.74 Å². The van der Waals surface area contributed by atoms with E-state index >= 15 is 0 Å². The Morgan fingerprint density at radius 2 is 2.33 bits per heavy atom. The van der Waals surface area contributed by atoms with Gasteiger partial charge < -0.3 is 4.74 Å². The molecule has 1 aliphatic heterocycles. The van der Waals surface area contributed by atoms with Gasteiger partial charge in [-0.3, -0.25) is 9.58 Å². The van der Waals surface area contributed by atoms with Crippen LogP contribution in [0.3, 0.4) is 0 Å². The molecule has 1 atom stereocenters. The molecule has 4 heteroatoms. The third-order valence-electron chi connectivity index (χ3n) is 2.89. The second-order valence-electron chi connectivity index (χ2n) is 4.36. The first kappa shape index (κ1) is 10.6. The van der Waals surface area contributed by atoms with Crippen molar-refractivity contribution in [2.24, 2.45) is 7.05 Å². The number of aromatic nitrogens is 2. The van der Waals surface area contributed by atoms with Crippen LogP contribution < -0.4 is 0 Å². The monoisotopic (exact) mass is 209 g/mol. The van der Waals surface area contributed by atoms with Crippen molar-refractivity contribution in [2.45, 2.75) is 26.0 Å². The van der Waals surface area contributed by atoms with Crippen molar-refractivity contribution in [2.75, 3.05) is 19.7 Å². The van der Waals surface area contributed by atoms with E-state index in [1.165, 1.54) is 0 Å². The van der Waals surface area contributed by atoms with Crippen LogP contribution in [-0.4, -0.2) is 40.4 Å². The van der Waals surface area contributed by atoms with Crippen LogP contribution in [0.5, 0.6) is 0 Å². The number of hydrogen-bond donors (Lipinski definition) is 0.